The van der Waals surface area contributed by atoms with Crippen LogP contribution in [0, 0.1) is 0 Å². The Hall–Kier alpha value is -3.35. The fourth-order valence-corrected chi connectivity index (χ4v) is 3.19. The molecule has 3 amide bonds. The number of ether oxygens (including phenoxy) is 1. The second-order valence-corrected chi connectivity index (χ2v) is 7.20. The number of hydrogen-bond donors (Lipinski definition) is 1. The van der Waals surface area contributed by atoms with E-state index < -0.39 is 11.8 Å². The molecule has 0 aromatic heterocycles. The molecule has 7 heteroatoms. The van der Waals surface area contributed by atoms with Gasteiger partial charge in [-0.2, -0.15) is 0 Å². The van der Waals surface area contributed by atoms with E-state index in [0.29, 0.717) is 30.9 Å². The summed E-state index contributed by atoms with van der Waals surface area (Å²) < 4.78 is 5.10. The monoisotopic (exact) mass is 395 g/mol. The number of anilines is 1. The van der Waals surface area contributed by atoms with Crippen LogP contribution in [0.25, 0.3) is 0 Å². The Morgan fingerprint density at radius 3 is 2.24 bits per heavy atom. The smallest absolute Gasteiger partial charge is 0.312 e. The molecular weight excluding hydrogens is 370 g/mol. The van der Waals surface area contributed by atoms with Crippen LogP contribution in [0.2, 0.25) is 0 Å². The number of piperazine rings is 1. The molecule has 0 radical (unpaired) electrons. The van der Waals surface area contributed by atoms with Gasteiger partial charge >= 0.3 is 11.8 Å². The minimum atomic E-state index is -0.480. The molecule has 1 fully saturated rings. The molecule has 0 aliphatic carbocycles. The first kappa shape index (κ1) is 20.4. The molecule has 152 valence electrons. The summed E-state index contributed by atoms with van der Waals surface area (Å²) in [4.78, 5) is 40.1. The van der Waals surface area contributed by atoms with Crippen molar-refractivity contribution in [1.82, 2.24) is 9.80 Å². The highest BCUT2D eigenvalue weighted by Gasteiger charge is 2.33. The maximum atomic E-state index is 12.4. The molecule has 1 saturated heterocycles. The van der Waals surface area contributed by atoms with E-state index in [0.717, 1.165) is 11.3 Å². The maximum Gasteiger partial charge on any atom is 0.312 e. The van der Waals surface area contributed by atoms with Gasteiger partial charge in [-0.15, -0.1) is 0 Å². The van der Waals surface area contributed by atoms with Gasteiger partial charge in [-0.1, -0.05) is 12.1 Å². The van der Waals surface area contributed by atoms with Gasteiger partial charge in [0.25, 0.3) is 5.91 Å². The molecular formula is C22H25N3O4. The van der Waals surface area contributed by atoms with Crippen molar-refractivity contribution in [2.75, 3.05) is 25.5 Å². The van der Waals surface area contributed by atoms with Crippen molar-refractivity contribution in [2.45, 2.75) is 26.4 Å². The Labute approximate surface area is 170 Å². The van der Waals surface area contributed by atoms with Gasteiger partial charge in [0.15, 0.2) is 0 Å². The van der Waals surface area contributed by atoms with Gasteiger partial charge in [-0.25, -0.2) is 0 Å². The molecule has 2 aromatic carbocycles. The van der Waals surface area contributed by atoms with E-state index in [9.17, 15) is 14.4 Å². The lowest BCUT2D eigenvalue weighted by atomic mass is 10.1. The zero-order valence-corrected chi connectivity index (χ0v) is 16.8. The quantitative estimate of drug-likeness (QED) is 0.763. The number of carbonyl (C=O) groups excluding carboxylic acids is 3. The van der Waals surface area contributed by atoms with Crippen LogP contribution < -0.4 is 10.1 Å². The lowest BCUT2D eigenvalue weighted by Gasteiger charge is -2.36. The van der Waals surface area contributed by atoms with E-state index in [1.807, 2.05) is 13.8 Å². The molecule has 7 nitrogen and oxygen atoms in total. The number of amides is 3. The average Bonchev–Trinajstić information content (AvgIpc) is 2.72. The molecule has 3 rings (SSSR count). The predicted molar refractivity (Wildman–Crippen MR) is 110 cm³/mol. The van der Waals surface area contributed by atoms with Crippen molar-refractivity contribution in [3.63, 3.8) is 0 Å². The first-order chi connectivity index (χ1) is 13.9. The van der Waals surface area contributed by atoms with Crippen molar-refractivity contribution in [1.29, 1.82) is 0 Å². The highest BCUT2D eigenvalue weighted by Crippen LogP contribution is 2.17. The van der Waals surface area contributed by atoms with Crippen LogP contribution in [0.1, 0.15) is 29.8 Å². The normalized spacial score (nSPS) is 14.3. The summed E-state index contributed by atoms with van der Waals surface area (Å²) >= 11 is 0. The highest BCUT2D eigenvalue weighted by molar-refractivity contribution is 6.35. The number of benzene rings is 2. The largest absolute Gasteiger partial charge is 0.497 e. The lowest BCUT2D eigenvalue weighted by molar-refractivity contribution is -0.157. The van der Waals surface area contributed by atoms with Crippen LogP contribution in [0.5, 0.6) is 5.75 Å². The third kappa shape index (κ3) is 4.74. The van der Waals surface area contributed by atoms with Crippen molar-refractivity contribution < 1.29 is 19.1 Å². The van der Waals surface area contributed by atoms with Crippen LogP contribution in [-0.2, 0) is 16.1 Å². The average molecular weight is 395 g/mol. The predicted octanol–water partition coefficient (Wildman–Crippen LogP) is 2.53. The molecule has 0 bridgehead atoms. The molecule has 0 spiro atoms. The molecule has 29 heavy (non-hydrogen) atoms. The fraction of sp³-hybridized carbons (Fsp3) is 0.318. The summed E-state index contributed by atoms with van der Waals surface area (Å²) in [5, 5.41) is 2.83. The summed E-state index contributed by atoms with van der Waals surface area (Å²) in [5.41, 5.74) is 2.05. The van der Waals surface area contributed by atoms with Gasteiger partial charge in [0.05, 0.1) is 7.11 Å². The second kappa shape index (κ2) is 8.77. The van der Waals surface area contributed by atoms with Crippen LogP contribution in [0.3, 0.4) is 0 Å². The molecule has 0 atom stereocenters. The number of nitrogens with one attached hydrogen (secondary N) is 1. The van der Waals surface area contributed by atoms with Gasteiger partial charge in [0.1, 0.15) is 5.75 Å². The number of hydrogen-bond acceptors (Lipinski definition) is 4. The first-order valence-corrected chi connectivity index (χ1v) is 9.53. The Bertz CT molecular complexity index is 891. The summed E-state index contributed by atoms with van der Waals surface area (Å²) in [5.74, 6) is -0.443. The number of methoxy groups -OCH3 is 1. The number of nitrogens with zero attached hydrogens (tertiary/aromatic N) is 2. The highest BCUT2D eigenvalue weighted by atomic mass is 16.5. The summed E-state index contributed by atoms with van der Waals surface area (Å²) in [6.07, 6.45) is 0. The molecule has 1 aliphatic rings. The topological polar surface area (TPSA) is 79.0 Å². The van der Waals surface area contributed by atoms with E-state index in [2.05, 4.69) is 5.32 Å². The van der Waals surface area contributed by atoms with Crippen molar-refractivity contribution in [2.24, 2.45) is 0 Å². The standard InChI is InChI=1S/C22H25N3O4/c1-15(2)25-13-12-24(21(27)22(25)28)14-16-4-6-17(7-5-16)20(26)23-18-8-10-19(29-3)11-9-18/h4-11,15H,12-14H2,1-3H3,(H,23,26). The van der Waals surface area contributed by atoms with E-state index in [1.54, 1.807) is 65.4 Å². The van der Waals surface area contributed by atoms with Crippen molar-refractivity contribution in [3.8, 4) is 5.75 Å². The summed E-state index contributed by atoms with van der Waals surface area (Å²) in [6, 6.07) is 14.1. The van der Waals surface area contributed by atoms with Crippen LogP contribution in [0.15, 0.2) is 48.5 Å². The summed E-state index contributed by atoms with van der Waals surface area (Å²) in [6.45, 7) is 5.18. The zero-order chi connectivity index (χ0) is 21.0. The maximum absolute atomic E-state index is 12.4. The van der Waals surface area contributed by atoms with Crippen LogP contribution >= 0.6 is 0 Å². The number of carbonyl (C=O) groups is 3. The van der Waals surface area contributed by atoms with Crippen molar-refractivity contribution >= 4 is 23.4 Å². The van der Waals surface area contributed by atoms with Gasteiger partial charge in [0, 0.05) is 36.9 Å². The molecule has 1 N–H and O–H groups in total. The minimum Gasteiger partial charge on any atom is -0.497 e. The van der Waals surface area contributed by atoms with Gasteiger partial charge in [0.2, 0.25) is 0 Å². The Kier molecular flexibility index (Phi) is 6.16. The molecule has 1 aliphatic heterocycles. The van der Waals surface area contributed by atoms with E-state index in [1.165, 1.54) is 0 Å². The summed E-state index contributed by atoms with van der Waals surface area (Å²) in [7, 11) is 1.59. The fourth-order valence-electron chi connectivity index (χ4n) is 3.19. The Balaban J connectivity index is 1.60. The third-order valence-electron chi connectivity index (χ3n) is 4.90. The van der Waals surface area contributed by atoms with E-state index >= 15 is 0 Å². The molecule has 2 aromatic rings. The number of rotatable bonds is 6. The molecule has 0 unspecified atom stereocenters. The van der Waals surface area contributed by atoms with Gasteiger partial charge < -0.3 is 19.9 Å². The van der Waals surface area contributed by atoms with E-state index in [4.69, 9.17) is 4.74 Å². The van der Waals surface area contributed by atoms with Crippen molar-refractivity contribution in [3.05, 3.63) is 59.7 Å². The SMILES string of the molecule is COc1ccc(NC(=O)c2ccc(CN3CCN(C(C)C)C(=O)C3=O)cc2)cc1. The molecule has 1 heterocycles. The first-order valence-electron chi connectivity index (χ1n) is 9.53. The second-order valence-electron chi connectivity index (χ2n) is 7.20. The Morgan fingerprint density at radius 2 is 1.66 bits per heavy atom. The lowest BCUT2D eigenvalue weighted by Crippen LogP contribution is -2.55. The van der Waals surface area contributed by atoms with Gasteiger partial charge in [-0.3, -0.25) is 14.4 Å². The van der Waals surface area contributed by atoms with Crippen LogP contribution in [0.4, 0.5) is 5.69 Å². The third-order valence-corrected chi connectivity index (χ3v) is 4.90. The van der Waals surface area contributed by atoms with Gasteiger partial charge in [-0.05, 0) is 55.8 Å². The van der Waals surface area contributed by atoms with E-state index in [-0.39, 0.29) is 11.9 Å². The minimum absolute atomic E-state index is 0.0112. The molecule has 0 saturated carbocycles. The zero-order valence-electron chi connectivity index (χ0n) is 16.8. The Morgan fingerprint density at radius 1 is 1.00 bits per heavy atom. The van der Waals surface area contributed by atoms with Crippen LogP contribution in [-0.4, -0.2) is 53.8 Å².